The first-order chi connectivity index (χ1) is 11.1. The number of hydrogen-bond donors (Lipinski definition) is 2. The molecule has 1 aliphatic heterocycles. The number of nitrogens with zero attached hydrogens (tertiary/aromatic N) is 1. The number of likely N-dealkylation sites (tertiary alicyclic amines) is 1. The standard InChI is InChI=1S/C18H31ClN2O2/c19-15-7-6-13-8-9-21(16(13)10-15)12-18(23)20-11-17(22)14-4-2-1-3-5-14/h13-17,22H,1-12H2,(H,20,23)/t13?,15?,16?,17-/m0/s1. The Balaban J connectivity index is 1.40. The van der Waals surface area contributed by atoms with E-state index in [-0.39, 0.29) is 17.4 Å². The minimum absolute atomic E-state index is 0.0530. The fraction of sp³-hybridized carbons (Fsp3) is 0.944. The molecule has 3 unspecified atom stereocenters. The number of rotatable bonds is 5. The zero-order valence-corrected chi connectivity index (χ0v) is 14.8. The molecule has 0 aromatic heterocycles. The van der Waals surface area contributed by atoms with E-state index in [1.54, 1.807) is 0 Å². The molecule has 3 aliphatic rings. The number of carbonyl (C=O) groups excluding carboxylic acids is 1. The summed E-state index contributed by atoms with van der Waals surface area (Å²) in [6.07, 6.45) is 10.1. The van der Waals surface area contributed by atoms with Crippen LogP contribution in [0.15, 0.2) is 0 Å². The van der Waals surface area contributed by atoms with Crippen molar-refractivity contribution in [1.82, 2.24) is 10.2 Å². The van der Waals surface area contributed by atoms with Crippen molar-refractivity contribution in [3.8, 4) is 0 Å². The Morgan fingerprint density at radius 1 is 1.17 bits per heavy atom. The summed E-state index contributed by atoms with van der Waals surface area (Å²) in [6, 6.07) is 0.486. The van der Waals surface area contributed by atoms with Crippen molar-refractivity contribution in [2.45, 2.75) is 75.3 Å². The van der Waals surface area contributed by atoms with Gasteiger partial charge in [-0.05, 0) is 56.9 Å². The minimum atomic E-state index is -0.382. The molecule has 0 radical (unpaired) electrons. The largest absolute Gasteiger partial charge is 0.391 e. The molecule has 2 N–H and O–H groups in total. The Morgan fingerprint density at radius 2 is 1.96 bits per heavy atom. The Kier molecular flexibility index (Phi) is 6.22. The van der Waals surface area contributed by atoms with Crippen molar-refractivity contribution >= 4 is 17.5 Å². The summed E-state index contributed by atoms with van der Waals surface area (Å²) in [5.74, 6) is 1.15. The normalized spacial score (nSPS) is 34.1. The van der Waals surface area contributed by atoms with E-state index in [0.717, 1.165) is 38.1 Å². The van der Waals surface area contributed by atoms with Gasteiger partial charge in [0.2, 0.25) is 5.91 Å². The van der Waals surface area contributed by atoms with Crippen LogP contribution < -0.4 is 5.32 Å². The lowest BCUT2D eigenvalue weighted by Crippen LogP contribution is -2.45. The Morgan fingerprint density at radius 3 is 2.74 bits per heavy atom. The maximum absolute atomic E-state index is 12.2. The highest BCUT2D eigenvalue weighted by atomic mass is 35.5. The van der Waals surface area contributed by atoms with Gasteiger partial charge in [0, 0.05) is 18.0 Å². The van der Waals surface area contributed by atoms with Gasteiger partial charge in [-0.15, -0.1) is 11.6 Å². The van der Waals surface area contributed by atoms with Crippen molar-refractivity contribution < 1.29 is 9.90 Å². The van der Waals surface area contributed by atoms with E-state index >= 15 is 0 Å². The van der Waals surface area contributed by atoms with Crippen LogP contribution in [0.5, 0.6) is 0 Å². The summed E-state index contributed by atoms with van der Waals surface area (Å²) >= 11 is 6.31. The maximum atomic E-state index is 12.2. The number of hydrogen-bond acceptors (Lipinski definition) is 3. The van der Waals surface area contributed by atoms with Crippen LogP contribution in [0.4, 0.5) is 0 Å². The van der Waals surface area contributed by atoms with Crippen LogP contribution >= 0.6 is 11.6 Å². The molecule has 3 fully saturated rings. The summed E-state index contributed by atoms with van der Waals surface area (Å²) in [4.78, 5) is 14.6. The van der Waals surface area contributed by atoms with Gasteiger partial charge in [0.1, 0.15) is 0 Å². The second kappa shape index (κ2) is 8.17. The molecule has 1 amide bonds. The Hall–Kier alpha value is -0.320. The number of nitrogens with one attached hydrogen (secondary N) is 1. The first kappa shape index (κ1) is 17.5. The molecular formula is C18H31ClN2O2. The molecule has 1 heterocycles. The summed E-state index contributed by atoms with van der Waals surface area (Å²) in [7, 11) is 0. The van der Waals surface area contributed by atoms with E-state index in [0.29, 0.717) is 25.0 Å². The van der Waals surface area contributed by atoms with E-state index in [2.05, 4.69) is 10.2 Å². The molecule has 4 atom stereocenters. The molecule has 23 heavy (non-hydrogen) atoms. The Labute approximate surface area is 144 Å². The van der Waals surface area contributed by atoms with Crippen LogP contribution in [-0.2, 0) is 4.79 Å². The van der Waals surface area contributed by atoms with Crippen LogP contribution in [0.2, 0.25) is 0 Å². The zero-order chi connectivity index (χ0) is 16.2. The molecule has 3 rings (SSSR count). The lowest BCUT2D eigenvalue weighted by atomic mass is 9.85. The number of alkyl halides is 1. The predicted molar refractivity (Wildman–Crippen MR) is 92.6 cm³/mol. The van der Waals surface area contributed by atoms with E-state index < -0.39 is 0 Å². The third-order valence-electron chi connectivity index (χ3n) is 6.20. The molecule has 4 nitrogen and oxygen atoms in total. The second-order valence-electron chi connectivity index (χ2n) is 7.77. The molecule has 0 bridgehead atoms. The van der Waals surface area contributed by atoms with E-state index in [1.807, 2.05) is 0 Å². The van der Waals surface area contributed by atoms with Gasteiger partial charge in [-0.3, -0.25) is 9.69 Å². The summed E-state index contributed by atoms with van der Waals surface area (Å²) < 4.78 is 0. The van der Waals surface area contributed by atoms with Gasteiger partial charge in [-0.1, -0.05) is 19.3 Å². The topological polar surface area (TPSA) is 52.6 Å². The van der Waals surface area contributed by atoms with Crippen molar-refractivity contribution in [3.63, 3.8) is 0 Å². The van der Waals surface area contributed by atoms with Crippen molar-refractivity contribution in [1.29, 1.82) is 0 Å². The lowest BCUT2D eigenvalue weighted by molar-refractivity contribution is -0.123. The van der Waals surface area contributed by atoms with Crippen LogP contribution in [-0.4, -0.2) is 53.1 Å². The van der Waals surface area contributed by atoms with Crippen LogP contribution in [0, 0.1) is 11.8 Å². The third-order valence-corrected chi connectivity index (χ3v) is 6.59. The molecule has 2 aliphatic carbocycles. The fourth-order valence-corrected chi connectivity index (χ4v) is 5.09. The quantitative estimate of drug-likeness (QED) is 0.755. The van der Waals surface area contributed by atoms with Gasteiger partial charge in [-0.25, -0.2) is 0 Å². The SMILES string of the molecule is O=C(CN1CCC2CCC(Cl)CC21)NC[C@H](O)C1CCCCC1. The number of carbonyl (C=O) groups is 1. The lowest BCUT2D eigenvalue weighted by Gasteiger charge is -2.33. The van der Waals surface area contributed by atoms with Crippen molar-refractivity contribution in [2.75, 3.05) is 19.6 Å². The number of fused-ring (bicyclic) bond motifs is 1. The summed E-state index contributed by atoms with van der Waals surface area (Å²) in [5.41, 5.74) is 0. The highest BCUT2D eigenvalue weighted by Gasteiger charge is 2.39. The average Bonchev–Trinajstić information content (AvgIpc) is 2.95. The second-order valence-corrected chi connectivity index (χ2v) is 8.38. The number of amides is 1. The highest BCUT2D eigenvalue weighted by molar-refractivity contribution is 6.20. The molecule has 0 aromatic carbocycles. The fourth-order valence-electron chi connectivity index (χ4n) is 4.78. The van der Waals surface area contributed by atoms with Crippen molar-refractivity contribution in [2.24, 2.45) is 11.8 Å². The van der Waals surface area contributed by atoms with Gasteiger partial charge >= 0.3 is 0 Å². The van der Waals surface area contributed by atoms with Gasteiger partial charge in [-0.2, -0.15) is 0 Å². The third kappa shape index (κ3) is 4.61. The molecule has 5 heteroatoms. The molecule has 0 aromatic rings. The molecular weight excluding hydrogens is 312 g/mol. The van der Waals surface area contributed by atoms with Gasteiger partial charge < -0.3 is 10.4 Å². The smallest absolute Gasteiger partial charge is 0.234 e. The maximum Gasteiger partial charge on any atom is 0.234 e. The predicted octanol–water partition coefficient (Wildman–Crippen LogP) is 2.53. The van der Waals surface area contributed by atoms with E-state index in [1.165, 1.54) is 32.1 Å². The molecule has 132 valence electrons. The van der Waals surface area contributed by atoms with E-state index in [9.17, 15) is 9.90 Å². The van der Waals surface area contributed by atoms with E-state index in [4.69, 9.17) is 11.6 Å². The van der Waals surface area contributed by atoms with Gasteiger partial charge in [0.15, 0.2) is 0 Å². The van der Waals surface area contributed by atoms with Crippen molar-refractivity contribution in [3.05, 3.63) is 0 Å². The highest BCUT2D eigenvalue weighted by Crippen LogP contribution is 2.37. The average molecular weight is 343 g/mol. The molecule has 1 saturated heterocycles. The van der Waals surface area contributed by atoms with Crippen LogP contribution in [0.1, 0.15) is 57.8 Å². The molecule has 2 saturated carbocycles. The number of aliphatic hydroxyl groups excluding tert-OH is 1. The van der Waals surface area contributed by atoms with Gasteiger partial charge in [0.25, 0.3) is 0 Å². The number of halogens is 1. The van der Waals surface area contributed by atoms with Gasteiger partial charge in [0.05, 0.1) is 12.6 Å². The minimum Gasteiger partial charge on any atom is -0.391 e. The monoisotopic (exact) mass is 342 g/mol. The number of aliphatic hydroxyl groups is 1. The summed E-state index contributed by atoms with van der Waals surface area (Å²) in [6.45, 7) is 1.88. The first-order valence-corrected chi connectivity index (χ1v) is 9.90. The summed E-state index contributed by atoms with van der Waals surface area (Å²) in [5, 5.41) is 13.5. The zero-order valence-electron chi connectivity index (χ0n) is 14.1. The first-order valence-electron chi connectivity index (χ1n) is 9.46. The van der Waals surface area contributed by atoms with Crippen LogP contribution in [0.3, 0.4) is 0 Å². The Bertz CT molecular complexity index is 400. The molecule has 0 spiro atoms. The van der Waals surface area contributed by atoms with Crippen LogP contribution in [0.25, 0.3) is 0 Å².